The first-order chi connectivity index (χ1) is 11.0. The van der Waals surface area contributed by atoms with Gasteiger partial charge in [-0.2, -0.15) is 0 Å². The molecule has 0 unspecified atom stereocenters. The lowest BCUT2D eigenvalue weighted by Crippen LogP contribution is -2.25. The van der Waals surface area contributed by atoms with Gasteiger partial charge in [-0.3, -0.25) is 0 Å². The molecule has 0 bridgehead atoms. The molecule has 2 aromatic rings. The minimum absolute atomic E-state index is 0.284. The molecule has 0 heterocycles. The molecule has 0 radical (unpaired) electrons. The normalized spacial score (nSPS) is 11.0. The third-order valence-corrected chi connectivity index (χ3v) is 3.53. The molecule has 0 aliphatic carbocycles. The van der Waals surface area contributed by atoms with Crippen LogP contribution in [0.25, 0.3) is 6.08 Å². The summed E-state index contributed by atoms with van der Waals surface area (Å²) in [4.78, 5) is 12.1. The SMILES string of the molecule is Cc1cccc(C(C)C)c1NC(=O)N/C=C/c1ccc(F)cc1. The molecule has 0 aliphatic rings. The van der Waals surface area contributed by atoms with Gasteiger partial charge < -0.3 is 10.6 Å². The lowest BCUT2D eigenvalue weighted by Gasteiger charge is -2.16. The Bertz CT molecular complexity index is 706. The molecule has 0 fully saturated rings. The highest BCUT2D eigenvalue weighted by Crippen LogP contribution is 2.27. The van der Waals surface area contributed by atoms with Crippen LogP contribution < -0.4 is 10.6 Å². The number of halogens is 1. The molecular weight excluding hydrogens is 291 g/mol. The summed E-state index contributed by atoms with van der Waals surface area (Å²) in [6.45, 7) is 6.15. The quantitative estimate of drug-likeness (QED) is 0.815. The van der Waals surface area contributed by atoms with Crippen molar-refractivity contribution < 1.29 is 9.18 Å². The summed E-state index contributed by atoms with van der Waals surface area (Å²) in [6, 6.07) is 11.7. The maximum Gasteiger partial charge on any atom is 0.323 e. The molecule has 2 amide bonds. The number of benzene rings is 2. The average Bonchev–Trinajstić information content (AvgIpc) is 2.51. The standard InChI is InChI=1S/C19H21FN2O/c1-13(2)17-6-4-5-14(3)18(17)22-19(23)21-12-11-15-7-9-16(20)10-8-15/h4-13H,1-3H3,(H2,21,22,23)/b12-11+. The molecule has 120 valence electrons. The van der Waals surface area contributed by atoms with E-state index in [1.807, 2.05) is 25.1 Å². The number of para-hydroxylation sites is 1. The van der Waals surface area contributed by atoms with Crippen LogP contribution in [0.15, 0.2) is 48.7 Å². The molecule has 0 atom stereocenters. The van der Waals surface area contributed by atoms with Crippen molar-refractivity contribution in [1.29, 1.82) is 0 Å². The third-order valence-electron chi connectivity index (χ3n) is 3.53. The van der Waals surface area contributed by atoms with Gasteiger partial charge in [-0.05, 0) is 47.7 Å². The minimum Gasteiger partial charge on any atom is -0.314 e. The summed E-state index contributed by atoms with van der Waals surface area (Å²) < 4.78 is 12.8. The van der Waals surface area contributed by atoms with Gasteiger partial charge in [0.15, 0.2) is 0 Å². The zero-order valence-electron chi connectivity index (χ0n) is 13.6. The number of hydrogen-bond acceptors (Lipinski definition) is 1. The van der Waals surface area contributed by atoms with Crippen LogP contribution in [0.3, 0.4) is 0 Å². The first-order valence-corrected chi connectivity index (χ1v) is 7.56. The van der Waals surface area contributed by atoms with E-state index in [1.54, 1.807) is 18.2 Å². The van der Waals surface area contributed by atoms with Crippen LogP contribution in [0.2, 0.25) is 0 Å². The van der Waals surface area contributed by atoms with Gasteiger partial charge in [0.2, 0.25) is 0 Å². The average molecular weight is 312 g/mol. The van der Waals surface area contributed by atoms with Crippen LogP contribution in [0.5, 0.6) is 0 Å². The summed E-state index contributed by atoms with van der Waals surface area (Å²) in [6.07, 6.45) is 3.25. The molecule has 3 nitrogen and oxygen atoms in total. The molecule has 0 saturated heterocycles. The van der Waals surface area contributed by atoms with Crippen molar-refractivity contribution in [3.8, 4) is 0 Å². The molecule has 0 spiro atoms. The predicted octanol–water partition coefficient (Wildman–Crippen LogP) is 5.05. The van der Waals surface area contributed by atoms with E-state index in [2.05, 4.69) is 24.5 Å². The van der Waals surface area contributed by atoms with E-state index in [0.717, 1.165) is 22.4 Å². The van der Waals surface area contributed by atoms with Crippen LogP contribution in [0.1, 0.15) is 36.5 Å². The third kappa shape index (κ3) is 4.68. The fraction of sp³-hybridized carbons (Fsp3) is 0.211. The van der Waals surface area contributed by atoms with E-state index in [1.165, 1.54) is 18.3 Å². The molecule has 0 aliphatic heterocycles. The molecule has 2 rings (SSSR count). The van der Waals surface area contributed by atoms with E-state index in [0.29, 0.717) is 5.92 Å². The fourth-order valence-electron chi connectivity index (χ4n) is 2.28. The minimum atomic E-state index is -0.306. The molecule has 23 heavy (non-hydrogen) atoms. The Morgan fingerprint density at radius 1 is 1.13 bits per heavy atom. The highest BCUT2D eigenvalue weighted by Gasteiger charge is 2.11. The lowest BCUT2D eigenvalue weighted by atomic mass is 9.98. The second-order valence-corrected chi connectivity index (χ2v) is 5.68. The number of nitrogens with one attached hydrogen (secondary N) is 2. The Balaban J connectivity index is 2.01. The highest BCUT2D eigenvalue weighted by molar-refractivity contribution is 5.92. The molecule has 0 saturated carbocycles. The number of anilines is 1. The molecule has 4 heteroatoms. The predicted molar refractivity (Wildman–Crippen MR) is 92.9 cm³/mol. The Kier molecular flexibility index (Phi) is 5.52. The first kappa shape index (κ1) is 16.7. The van der Waals surface area contributed by atoms with Crippen molar-refractivity contribution in [2.45, 2.75) is 26.7 Å². The van der Waals surface area contributed by atoms with Gasteiger partial charge in [0.25, 0.3) is 0 Å². The molecule has 0 aromatic heterocycles. The number of aryl methyl sites for hydroxylation is 1. The van der Waals surface area contributed by atoms with Crippen molar-refractivity contribution in [2.75, 3.05) is 5.32 Å². The van der Waals surface area contributed by atoms with Gasteiger partial charge in [-0.25, -0.2) is 9.18 Å². The van der Waals surface area contributed by atoms with Gasteiger partial charge in [0.1, 0.15) is 5.82 Å². The molecule has 2 aromatic carbocycles. The first-order valence-electron chi connectivity index (χ1n) is 7.56. The van der Waals surface area contributed by atoms with E-state index in [9.17, 15) is 9.18 Å². The number of urea groups is 1. The Hall–Kier alpha value is -2.62. The Morgan fingerprint density at radius 2 is 1.83 bits per heavy atom. The summed E-state index contributed by atoms with van der Waals surface area (Å²) in [5.74, 6) is 0.0357. The summed E-state index contributed by atoms with van der Waals surface area (Å²) >= 11 is 0. The number of carbonyl (C=O) groups excluding carboxylic acids is 1. The van der Waals surface area contributed by atoms with Crippen LogP contribution in [-0.4, -0.2) is 6.03 Å². The Morgan fingerprint density at radius 3 is 2.48 bits per heavy atom. The van der Waals surface area contributed by atoms with Crippen molar-refractivity contribution in [3.05, 3.63) is 71.2 Å². The zero-order valence-corrected chi connectivity index (χ0v) is 13.6. The molecular formula is C19H21FN2O. The second-order valence-electron chi connectivity index (χ2n) is 5.68. The summed E-state index contributed by atoms with van der Waals surface area (Å²) in [5, 5.41) is 5.56. The fourth-order valence-corrected chi connectivity index (χ4v) is 2.28. The van der Waals surface area contributed by atoms with Gasteiger partial charge >= 0.3 is 6.03 Å². The van der Waals surface area contributed by atoms with Crippen molar-refractivity contribution in [2.24, 2.45) is 0 Å². The molecule has 2 N–H and O–H groups in total. The topological polar surface area (TPSA) is 41.1 Å². The van der Waals surface area contributed by atoms with E-state index < -0.39 is 0 Å². The van der Waals surface area contributed by atoms with Crippen LogP contribution in [0.4, 0.5) is 14.9 Å². The number of hydrogen-bond donors (Lipinski definition) is 2. The Labute approximate surface area is 136 Å². The largest absolute Gasteiger partial charge is 0.323 e. The van der Waals surface area contributed by atoms with E-state index >= 15 is 0 Å². The van der Waals surface area contributed by atoms with Crippen molar-refractivity contribution in [1.82, 2.24) is 5.32 Å². The van der Waals surface area contributed by atoms with Gasteiger partial charge in [0, 0.05) is 11.9 Å². The van der Waals surface area contributed by atoms with Crippen LogP contribution in [0, 0.1) is 12.7 Å². The monoisotopic (exact) mass is 312 g/mol. The smallest absolute Gasteiger partial charge is 0.314 e. The van der Waals surface area contributed by atoms with Gasteiger partial charge in [-0.15, -0.1) is 0 Å². The van der Waals surface area contributed by atoms with Crippen molar-refractivity contribution in [3.63, 3.8) is 0 Å². The van der Waals surface area contributed by atoms with Crippen LogP contribution >= 0.6 is 0 Å². The highest BCUT2D eigenvalue weighted by atomic mass is 19.1. The summed E-state index contributed by atoms with van der Waals surface area (Å²) in [5.41, 5.74) is 3.78. The maximum atomic E-state index is 12.8. The zero-order chi connectivity index (χ0) is 16.8. The summed E-state index contributed by atoms with van der Waals surface area (Å²) in [7, 11) is 0. The number of carbonyl (C=O) groups is 1. The van der Waals surface area contributed by atoms with Crippen molar-refractivity contribution >= 4 is 17.8 Å². The number of amides is 2. The van der Waals surface area contributed by atoms with E-state index in [4.69, 9.17) is 0 Å². The second kappa shape index (κ2) is 7.58. The number of rotatable bonds is 4. The van der Waals surface area contributed by atoms with Crippen LogP contribution in [-0.2, 0) is 0 Å². The van der Waals surface area contributed by atoms with E-state index in [-0.39, 0.29) is 11.8 Å². The maximum absolute atomic E-state index is 12.8. The lowest BCUT2D eigenvalue weighted by molar-refractivity contribution is 0.255. The van der Waals surface area contributed by atoms with Gasteiger partial charge in [-0.1, -0.05) is 44.2 Å². The van der Waals surface area contributed by atoms with Gasteiger partial charge in [0.05, 0.1) is 0 Å².